The number of unbranched alkanes of at least 4 members (excludes halogenated alkanes) is 9. The Bertz CT molecular complexity index is 1800. The number of nitrogens with one attached hydrogen (secondary N) is 2. The van der Waals surface area contributed by atoms with E-state index in [1.165, 1.54) is 6.08 Å². The first-order valence-corrected chi connectivity index (χ1v) is 22.8. The Kier molecular flexibility index (Phi) is 38.3. The zero-order valence-electron chi connectivity index (χ0n) is 37.7. The second-order valence-corrected chi connectivity index (χ2v) is 13.8. The summed E-state index contributed by atoms with van der Waals surface area (Å²) in [5, 5.41) is 55.6. The molecule has 2 amide bonds. The molecule has 0 unspecified atom stereocenters. The smallest absolute Gasteiger partial charge is 0.411 e. The Morgan fingerprint density at radius 1 is 0.641 bits per heavy atom. The van der Waals surface area contributed by atoms with E-state index in [-0.39, 0.29) is 33.0 Å². The minimum atomic E-state index is -0.455. The van der Waals surface area contributed by atoms with E-state index < -0.39 is 6.09 Å². The number of hydrogen-bond donors (Lipinski definition) is 7. The zero-order chi connectivity index (χ0) is 48.0. The van der Waals surface area contributed by atoms with E-state index in [1.54, 1.807) is 30.5 Å². The van der Waals surface area contributed by atoms with Crippen molar-refractivity contribution in [2.75, 3.05) is 55.2 Å². The summed E-state index contributed by atoms with van der Waals surface area (Å²) < 4.78 is 16.0. The maximum Gasteiger partial charge on any atom is 0.411 e. The summed E-state index contributed by atoms with van der Waals surface area (Å²) in [5.41, 5.74) is 6.52. The predicted molar refractivity (Wildman–Crippen MR) is 261 cm³/mol. The third-order valence-corrected chi connectivity index (χ3v) is 8.81. The third kappa shape index (κ3) is 32.5. The highest BCUT2D eigenvalue weighted by atomic mass is 127. The standard InChI is InChI=1S/C21H26N2O4.C15H10N2O2.2C6H14O2.CH3I/c24-13-3-1-2-4-14-27-21(26)23-20-11-7-18(8-12-20)15-17-5-9-19(10-6-17)22-16-25;16-10-19-15-7-3-13(4-8-15)9-12-1-5-14(6-2-12)17-11-18;2*7-5-3-1-2-4-6-8;1-2/h5-12,16,24H,1-4,13-15H2,(H,22,25)(H,23,26);1-8H,9H2;2*7-8H,1-6H2;1H3/i;;;;1D. The number of aliphatic hydroxyl groups is 5. The van der Waals surface area contributed by atoms with Gasteiger partial charge in [-0.15, -0.1) is 5.26 Å². The van der Waals surface area contributed by atoms with E-state index in [2.05, 4.69) is 15.6 Å². The Morgan fingerprint density at radius 2 is 1.02 bits per heavy atom. The normalized spacial score (nSPS) is 9.80. The van der Waals surface area contributed by atoms with Gasteiger partial charge in [0, 0.05) is 45.8 Å². The van der Waals surface area contributed by atoms with Crippen LogP contribution in [0.15, 0.2) is 102 Å². The van der Waals surface area contributed by atoms with Gasteiger partial charge >= 0.3 is 6.09 Å². The van der Waals surface area contributed by atoms with Crippen molar-refractivity contribution in [2.45, 2.75) is 89.9 Å². The Morgan fingerprint density at radius 3 is 1.39 bits per heavy atom. The molecule has 0 aliphatic carbocycles. The molecule has 0 saturated carbocycles. The number of ether oxygens (including phenoxy) is 2. The SMILES string of the molecule is N#COc1ccc(Cc2ccc(N=C=O)cc2)cc1.O=CNc1ccc(Cc2ccc(NC(=O)OCCCCCCO)cc2)cc1.OCCCCCCO.OCCCCCCO.[2H]CI. The number of aliphatic imine (C=N–C) groups is 1. The number of carbonyl (C=O) groups excluding carboxylic acids is 3. The number of nitriles is 1. The molecule has 0 aliphatic rings. The fourth-order valence-electron chi connectivity index (χ4n) is 5.47. The number of halogens is 1. The van der Waals surface area contributed by atoms with Crippen LogP contribution >= 0.6 is 22.6 Å². The fraction of sp³-hybridized carbons (Fsp3) is 0.429. The molecule has 0 heterocycles. The van der Waals surface area contributed by atoms with Gasteiger partial charge in [0.15, 0.2) is 0 Å². The van der Waals surface area contributed by atoms with Crippen LogP contribution in [0, 0.1) is 11.5 Å². The summed E-state index contributed by atoms with van der Waals surface area (Å²) in [6, 6.07) is 30.0. The van der Waals surface area contributed by atoms with E-state index in [0.29, 0.717) is 35.0 Å². The van der Waals surface area contributed by atoms with Crippen molar-refractivity contribution in [3.63, 3.8) is 0 Å². The summed E-state index contributed by atoms with van der Waals surface area (Å²) in [7, 11) is 0. The van der Waals surface area contributed by atoms with Gasteiger partial charge in [-0.3, -0.25) is 10.1 Å². The number of nitrogens with zero attached hydrogens (tertiary/aromatic N) is 2. The van der Waals surface area contributed by atoms with Crippen molar-refractivity contribution >= 4 is 58.2 Å². The largest absolute Gasteiger partial charge is 0.449 e. The summed E-state index contributed by atoms with van der Waals surface area (Å²) in [4.78, 5) is 36.3. The lowest BCUT2D eigenvalue weighted by Crippen LogP contribution is -2.14. The van der Waals surface area contributed by atoms with Gasteiger partial charge in [0.25, 0.3) is 6.26 Å². The molecule has 0 atom stereocenters. The van der Waals surface area contributed by atoms with Gasteiger partial charge in [-0.05, 0) is 133 Å². The van der Waals surface area contributed by atoms with Crippen LogP contribution in [0.25, 0.3) is 0 Å². The fourth-order valence-corrected chi connectivity index (χ4v) is 5.47. The van der Waals surface area contributed by atoms with E-state index in [9.17, 15) is 14.4 Å². The highest BCUT2D eigenvalue weighted by Gasteiger charge is 2.04. The van der Waals surface area contributed by atoms with Crippen molar-refractivity contribution < 1.29 is 50.8 Å². The lowest BCUT2D eigenvalue weighted by atomic mass is 10.0. The second-order valence-electron chi connectivity index (χ2n) is 13.8. The van der Waals surface area contributed by atoms with Gasteiger partial charge in [-0.1, -0.05) is 103 Å². The van der Waals surface area contributed by atoms with Crippen LogP contribution in [-0.4, -0.2) is 88.7 Å². The molecule has 0 fully saturated rings. The van der Waals surface area contributed by atoms with Crippen LogP contribution in [0.5, 0.6) is 5.75 Å². The zero-order valence-corrected chi connectivity index (χ0v) is 38.9. The van der Waals surface area contributed by atoms with Gasteiger partial charge in [0.1, 0.15) is 5.75 Å². The molecule has 4 aromatic carbocycles. The highest BCUT2D eigenvalue weighted by molar-refractivity contribution is 14.1. The van der Waals surface area contributed by atoms with Crippen LogP contribution in [-0.2, 0) is 27.2 Å². The minimum absolute atomic E-state index is 0.208. The molecule has 350 valence electrons. The number of aliphatic hydroxyl groups excluding tert-OH is 5. The minimum Gasteiger partial charge on any atom is -0.449 e. The number of alkyl halides is 1. The molecule has 15 heteroatoms. The molecular weight excluding hydrogens is 931 g/mol. The second kappa shape index (κ2) is 43.1. The number of benzene rings is 4. The quantitative estimate of drug-likeness (QED) is 0.00629. The van der Waals surface area contributed by atoms with Crippen molar-refractivity contribution in [1.29, 1.82) is 5.26 Å². The Hall–Kier alpha value is -5.18. The number of hydrogen-bond acceptors (Lipinski definition) is 12. The topological polar surface area (TPSA) is 231 Å². The molecule has 4 aromatic rings. The molecular formula is C49H67IN4O10. The first kappa shape index (κ1) is 56.8. The molecule has 0 aromatic heterocycles. The Balaban J connectivity index is 0.000000928. The molecule has 4 rings (SSSR count). The average Bonchev–Trinajstić information content (AvgIpc) is 3.32. The molecule has 0 spiro atoms. The summed E-state index contributed by atoms with van der Waals surface area (Å²) in [5.74, 6) is 0.530. The van der Waals surface area contributed by atoms with Gasteiger partial charge in [0.2, 0.25) is 12.5 Å². The van der Waals surface area contributed by atoms with E-state index >= 15 is 0 Å². The van der Waals surface area contributed by atoms with Gasteiger partial charge in [-0.2, -0.15) is 4.99 Å². The number of amides is 2. The van der Waals surface area contributed by atoms with Gasteiger partial charge in [0.05, 0.1) is 12.3 Å². The van der Waals surface area contributed by atoms with Crippen LogP contribution in [0.2, 0.25) is 0 Å². The third-order valence-electron chi connectivity index (χ3n) is 8.81. The van der Waals surface area contributed by atoms with E-state index in [4.69, 9.17) is 41.6 Å². The van der Waals surface area contributed by atoms with Gasteiger partial charge in [-0.25, -0.2) is 9.59 Å². The Labute approximate surface area is 393 Å². The first-order chi connectivity index (χ1) is 31.8. The summed E-state index contributed by atoms with van der Waals surface area (Å²) >= 11 is 1.96. The number of carbonyl (C=O) groups is 2. The highest BCUT2D eigenvalue weighted by Crippen LogP contribution is 2.19. The van der Waals surface area contributed by atoms with Crippen molar-refractivity contribution in [3.05, 3.63) is 119 Å². The average molecular weight is 1000 g/mol. The van der Waals surface area contributed by atoms with Crippen molar-refractivity contribution in [1.82, 2.24) is 0 Å². The molecule has 0 radical (unpaired) electrons. The molecule has 7 N–H and O–H groups in total. The molecule has 64 heavy (non-hydrogen) atoms. The van der Waals surface area contributed by atoms with Crippen LogP contribution in [0.3, 0.4) is 0 Å². The number of rotatable bonds is 25. The van der Waals surface area contributed by atoms with Crippen LogP contribution in [0.1, 0.15) is 101 Å². The molecule has 0 aliphatic heterocycles. The summed E-state index contributed by atoms with van der Waals surface area (Å²) in [6.07, 6.45) is 16.0. The molecule has 0 saturated heterocycles. The molecule has 0 bridgehead atoms. The monoisotopic (exact) mass is 999 g/mol. The van der Waals surface area contributed by atoms with E-state index in [0.717, 1.165) is 118 Å². The van der Waals surface area contributed by atoms with Gasteiger partial charge < -0.3 is 40.3 Å². The van der Waals surface area contributed by atoms with Crippen molar-refractivity contribution in [2.24, 2.45) is 4.99 Å². The first-order valence-electron chi connectivity index (χ1n) is 22.0. The molecule has 14 nitrogen and oxygen atoms in total. The number of anilines is 2. The predicted octanol–water partition coefficient (Wildman–Crippen LogP) is 9.17. The van der Waals surface area contributed by atoms with Crippen molar-refractivity contribution in [3.8, 4) is 12.0 Å². The maximum atomic E-state index is 11.8. The maximum absolute atomic E-state index is 11.8. The lowest BCUT2D eigenvalue weighted by molar-refractivity contribution is -0.105. The van der Waals surface area contributed by atoms with Crippen LogP contribution in [0.4, 0.5) is 21.9 Å². The van der Waals surface area contributed by atoms with Crippen LogP contribution < -0.4 is 15.4 Å². The number of isocyanates is 1. The summed E-state index contributed by atoms with van der Waals surface area (Å²) in [6.45, 7) is 1.72. The van der Waals surface area contributed by atoms with E-state index in [1.807, 2.05) is 95.4 Å². The lowest BCUT2D eigenvalue weighted by Gasteiger charge is -2.08.